The summed E-state index contributed by atoms with van der Waals surface area (Å²) < 4.78 is 9.18. The molecule has 1 aromatic heterocycles. The molecule has 1 aliphatic heterocycles. The number of hydrogen-bond acceptors (Lipinski definition) is 5. The first-order valence-corrected chi connectivity index (χ1v) is 10.8. The maximum absolute atomic E-state index is 11.4. The Morgan fingerprint density at radius 3 is 2.58 bits per heavy atom. The second kappa shape index (κ2) is 8.82. The quantitative estimate of drug-likeness (QED) is 0.441. The molecule has 4 rings (SSSR count). The lowest BCUT2D eigenvalue weighted by Gasteiger charge is -2.20. The number of nitrogens with zero attached hydrogens (tertiary/aromatic N) is 4. The van der Waals surface area contributed by atoms with Crippen molar-refractivity contribution in [2.24, 2.45) is 7.05 Å². The van der Waals surface area contributed by atoms with Gasteiger partial charge in [0.15, 0.2) is 11.0 Å². The summed E-state index contributed by atoms with van der Waals surface area (Å²) in [4.78, 5) is 26.4. The second-order valence-electron chi connectivity index (χ2n) is 7.72. The van der Waals surface area contributed by atoms with Crippen molar-refractivity contribution in [1.82, 2.24) is 4.57 Å². The van der Waals surface area contributed by atoms with E-state index in [4.69, 9.17) is 4.74 Å². The SMILES string of the molecule is CCN1C(=CC=Cc2n(C)c3cc(C(=O)O)ccc3[n+]2CC)N(C)c2cc(OC=O)ccc21. The van der Waals surface area contributed by atoms with Gasteiger partial charge in [-0.2, -0.15) is 0 Å². The number of carbonyl (C=O) groups is 2. The van der Waals surface area contributed by atoms with Crippen LogP contribution in [0.5, 0.6) is 5.75 Å². The van der Waals surface area contributed by atoms with Crippen molar-refractivity contribution < 1.29 is 24.0 Å². The number of ether oxygens (including phenoxy) is 1. The van der Waals surface area contributed by atoms with E-state index >= 15 is 0 Å². The first-order chi connectivity index (χ1) is 15.9. The second-order valence-corrected chi connectivity index (χ2v) is 7.72. The lowest BCUT2D eigenvalue weighted by molar-refractivity contribution is -0.670. The number of carboxylic acids is 1. The molecular weight excluding hydrogens is 420 g/mol. The number of hydrogen-bond donors (Lipinski definition) is 1. The number of carboxylic acid groups (broad SMARTS) is 1. The lowest BCUT2D eigenvalue weighted by atomic mass is 10.2. The Morgan fingerprint density at radius 2 is 1.91 bits per heavy atom. The van der Waals surface area contributed by atoms with Crippen LogP contribution in [0.4, 0.5) is 11.4 Å². The van der Waals surface area contributed by atoms with Gasteiger partial charge in [-0.3, -0.25) is 4.79 Å². The Morgan fingerprint density at radius 1 is 1.12 bits per heavy atom. The highest BCUT2D eigenvalue weighted by Gasteiger charge is 2.28. The molecule has 8 nitrogen and oxygen atoms in total. The molecule has 3 aromatic rings. The smallest absolute Gasteiger partial charge is 0.335 e. The number of aryl methyl sites for hydroxylation is 2. The Kier molecular flexibility index (Phi) is 5.91. The summed E-state index contributed by atoms with van der Waals surface area (Å²) in [5.41, 5.74) is 4.14. The first-order valence-electron chi connectivity index (χ1n) is 10.8. The number of allylic oxidation sites excluding steroid dienone is 2. The van der Waals surface area contributed by atoms with Crippen LogP contribution in [0.15, 0.2) is 54.4 Å². The van der Waals surface area contributed by atoms with E-state index in [0.29, 0.717) is 12.2 Å². The molecule has 0 saturated carbocycles. The van der Waals surface area contributed by atoms with Crippen molar-refractivity contribution >= 4 is 40.9 Å². The Bertz CT molecular complexity index is 1310. The molecular formula is C25H27N4O4+. The fourth-order valence-corrected chi connectivity index (χ4v) is 4.43. The van der Waals surface area contributed by atoms with Gasteiger partial charge in [0.25, 0.3) is 12.3 Å². The molecule has 0 aliphatic carbocycles. The summed E-state index contributed by atoms with van der Waals surface area (Å²) in [5.74, 6) is 1.54. The normalized spacial score (nSPS) is 14.5. The van der Waals surface area contributed by atoms with Crippen molar-refractivity contribution in [1.29, 1.82) is 0 Å². The van der Waals surface area contributed by atoms with Gasteiger partial charge in [-0.1, -0.05) is 6.08 Å². The van der Waals surface area contributed by atoms with Gasteiger partial charge in [0.2, 0.25) is 0 Å². The molecule has 0 atom stereocenters. The van der Waals surface area contributed by atoms with Gasteiger partial charge in [0.05, 0.1) is 30.5 Å². The summed E-state index contributed by atoms with van der Waals surface area (Å²) >= 11 is 0. The average Bonchev–Trinajstić information content (AvgIpc) is 3.24. The number of aromatic nitrogens is 2. The average molecular weight is 448 g/mol. The number of anilines is 2. The van der Waals surface area contributed by atoms with Crippen LogP contribution in [0, 0.1) is 0 Å². The van der Waals surface area contributed by atoms with Gasteiger partial charge in [0.1, 0.15) is 11.6 Å². The zero-order valence-corrected chi connectivity index (χ0v) is 19.1. The Labute approximate surface area is 192 Å². The van der Waals surface area contributed by atoms with Crippen LogP contribution >= 0.6 is 0 Å². The highest BCUT2D eigenvalue weighted by molar-refractivity contribution is 5.92. The lowest BCUT2D eigenvalue weighted by Crippen LogP contribution is -2.34. The summed E-state index contributed by atoms with van der Waals surface area (Å²) in [6.45, 7) is 6.13. The third kappa shape index (κ3) is 3.73. The molecule has 0 radical (unpaired) electrons. The van der Waals surface area contributed by atoms with E-state index in [2.05, 4.69) is 28.2 Å². The highest BCUT2D eigenvalue weighted by atomic mass is 16.5. The maximum Gasteiger partial charge on any atom is 0.335 e. The van der Waals surface area contributed by atoms with Crippen LogP contribution in [-0.4, -0.2) is 35.7 Å². The molecule has 0 unspecified atom stereocenters. The summed E-state index contributed by atoms with van der Waals surface area (Å²) in [6.07, 6.45) is 6.08. The molecule has 170 valence electrons. The van der Waals surface area contributed by atoms with E-state index in [9.17, 15) is 14.7 Å². The Balaban J connectivity index is 1.72. The summed E-state index contributed by atoms with van der Waals surface area (Å²) in [6, 6.07) is 10.8. The zero-order chi connectivity index (χ0) is 23.7. The van der Waals surface area contributed by atoms with Gasteiger partial charge >= 0.3 is 5.97 Å². The number of aromatic carboxylic acids is 1. The Hall–Kier alpha value is -4.07. The van der Waals surface area contributed by atoms with Gasteiger partial charge in [-0.15, -0.1) is 0 Å². The minimum Gasteiger partial charge on any atom is -0.478 e. The number of benzene rings is 2. The third-order valence-corrected chi connectivity index (χ3v) is 6.02. The standard InChI is InChI=1S/C25H26N4O4/c1-5-28-19-12-10-17(25(31)32)14-21(19)26(3)23(28)8-7-9-24-27(4)22-15-18(33-16-30)11-13-20(22)29(24)6-2/h7-16H,5-6H2,1-4H3/p+1. The molecule has 33 heavy (non-hydrogen) atoms. The number of imidazole rings is 1. The van der Waals surface area contributed by atoms with Gasteiger partial charge in [-0.05, 0) is 44.2 Å². The number of rotatable bonds is 7. The minimum absolute atomic E-state index is 0.269. The predicted octanol–water partition coefficient (Wildman–Crippen LogP) is 3.55. The molecule has 1 N–H and O–H groups in total. The van der Waals surface area contributed by atoms with E-state index in [-0.39, 0.29) is 5.56 Å². The maximum atomic E-state index is 11.4. The van der Waals surface area contributed by atoms with E-state index in [1.54, 1.807) is 18.2 Å². The molecule has 0 fully saturated rings. The minimum atomic E-state index is -0.937. The van der Waals surface area contributed by atoms with Crippen molar-refractivity contribution in [2.45, 2.75) is 20.4 Å². The van der Waals surface area contributed by atoms with Crippen molar-refractivity contribution in [3.8, 4) is 5.75 Å². The fraction of sp³-hybridized carbons (Fsp3) is 0.240. The number of carbonyl (C=O) groups excluding carboxylic acids is 1. The molecule has 0 spiro atoms. The predicted molar refractivity (Wildman–Crippen MR) is 127 cm³/mol. The van der Waals surface area contributed by atoms with Gasteiger partial charge in [-0.25, -0.2) is 13.9 Å². The van der Waals surface area contributed by atoms with Crippen LogP contribution in [0.2, 0.25) is 0 Å². The summed E-state index contributed by atoms with van der Waals surface area (Å²) in [5, 5.41) is 9.35. The molecule has 0 amide bonds. The van der Waals surface area contributed by atoms with Crippen LogP contribution in [0.25, 0.3) is 17.1 Å². The van der Waals surface area contributed by atoms with E-state index in [1.807, 2.05) is 55.1 Å². The van der Waals surface area contributed by atoms with Crippen LogP contribution < -0.4 is 19.1 Å². The molecule has 2 heterocycles. The number of fused-ring (bicyclic) bond motifs is 2. The third-order valence-electron chi connectivity index (χ3n) is 6.02. The van der Waals surface area contributed by atoms with E-state index in [0.717, 1.165) is 47.1 Å². The molecule has 8 heteroatoms. The van der Waals surface area contributed by atoms with Crippen molar-refractivity contribution in [2.75, 3.05) is 23.4 Å². The van der Waals surface area contributed by atoms with Gasteiger partial charge in [0, 0.05) is 31.8 Å². The monoisotopic (exact) mass is 447 g/mol. The van der Waals surface area contributed by atoms with Gasteiger partial charge < -0.3 is 19.6 Å². The van der Waals surface area contributed by atoms with Crippen molar-refractivity contribution in [3.05, 3.63) is 65.8 Å². The highest BCUT2D eigenvalue weighted by Crippen LogP contribution is 2.42. The van der Waals surface area contributed by atoms with E-state index in [1.165, 1.54) is 0 Å². The molecule has 0 bridgehead atoms. The largest absolute Gasteiger partial charge is 0.478 e. The van der Waals surface area contributed by atoms with Crippen LogP contribution in [-0.2, 0) is 18.4 Å². The topological polar surface area (TPSA) is 78.9 Å². The molecule has 1 aliphatic rings. The molecule has 2 aromatic carbocycles. The summed E-state index contributed by atoms with van der Waals surface area (Å²) in [7, 11) is 3.92. The first kappa shape index (κ1) is 22.1. The molecule has 0 saturated heterocycles. The van der Waals surface area contributed by atoms with Crippen LogP contribution in [0.1, 0.15) is 30.0 Å². The van der Waals surface area contributed by atoms with E-state index < -0.39 is 5.97 Å². The van der Waals surface area contributed by atoms with Crippen LogP contribution in [0.3, 0.4) is 0 Å². The fourth-order valence-electron chi connectivity index (χ4n) is 4.43. The zero-order valence-electron chi connectivity index (χ0n) is 19.1. The van der Waals surface area contributed by atoms with Crippen molar-refractivity contribution in [3.63, 3.8) is 0 Å².